The first kappa shape index (κ1) is 7.50. The molecule has 0 spiro atoms. The summed E-state index contributed by atoms with van der Waals surface area (Å²) in [5, 5.41) is 0. The highest BCUT2D eigenvalue weighted by atomic mass is 16.1. The van der Waals surface area contributed by atoms with Crippen LogP contribution >= 0.6 is 0 Å². The van der Waals surface area contributed by atoms with E-state index in [2.05, 4.69) is 0 Å². The number of ketones is 1. The molecule has 0 aliphatic heterocycles. The van der Waals surface area contributed by atoms with Gasteiger partial charge in [0.15, 0.2) is 5.78 Å². The van der Waals surface area contributed by atoms with E-state index in [1.165, 1.54) is 0 Å². The topological polar surface area (TPSA) is 43.1 Å². The summed E-state index contributed by atoms with van der Waals surface area (Å²) >= 11 is 0. The van der Waals surface area contributed by atoms with Crippen LogP contribution < -0.4 is 5.73 Å². The third-order valence-corrected chi connectivity index (χ3v) is 2.34. The number of carbonyl (C=O) groups excluding carboxylic acids is 1. The maximum atomic E-state index is 11.4. The Morgan fingerprint density at radius 1 is 1.33 bits per heavy atom. The van der Waals surface area contributed by atoms with Crippen LogP contribution in [0.25, 0.3) is 0 Å². The van der Waals surface area contributed by atoms with Gasteiger partial charge in [-0.15, -0.1) is 0 Å². The number of nitrogens with two attached hydrogens (primary N) is 1. The molecule has 1 aromatic carbocycles. The van der Waals surface area contributed by atoms with Crippen LogP contribution in [0, 0.1) is 0 Å². The van der Waals surface area contributed by atoms with Crippen molar-refractivity contribution in [2.45, 2.75) is 18.9 Å². The molecule has 2 heteroatoms. The third kappa shape index (κ3) is 1.04. The Balaban J connectivity index is 2.55. The van der Waals surface area contributed by atoms with E-state index in [0.29, 0.717) is 6.42 Å². The molecule has 2 rings (SSSR count). The smallest absolute Gasteiger partial charge is 0.163 e. The van der Waals surface area contributed by atoms with Crippen molar-refractivity contribution in [1.82, 2.24) is 0 Å². The largest absolute Gasteiger partial charge is 0.324 e. The van der Waals surface area contributed by atoms with Crippen LogP contribution in [-0.4, -0.2) is 5.78 Å². The third-order valence-electron chi connectivity index (χ3n) is 2.34. The highest BCUT2D eigenvalue weighted by Gasteiger charge is 2.21. The molecule has 62 valence electrons. The van der Waals surface area contributed by atoms with E-state index in [0.717, 1.165) is 17.5 Å². The van der Waals surface area contributed by atoms with Crippen LogP contribution in [0.1, 0.15) is 34.8 Å². The van der Waals surface area contributed by atoms with Crippen molar-refractivity contribution in [3.05, 3.63) is 35.4 Å². The predicted molar refractivity (Wildman–Crippen MR) is 46.9 cm³/mol. The van der Waals surface area contributed by atoms with Crippen molar-refractivity contribution in [2.75, 3.05) is 0 Å². The first-order valence-corrected chi connectivity index (χ1v) is 4.17. The van der Waals surface area contributed by atoms with Crippen molar-refractivity contribution in [2.24, 2.45) is 5.73 Å². The molecule has 0 bridgehead atoms. The number of carbonyl (C=O) groups is 1. The van der Waals surface area contributed by atoms with Gasteiger partial charge < -0.3 is 5.73 Å². The predicted octanol–water partition coefficient (Wildman–Crippen LogP) is 1.66. The first-order chi connectivity index (χ1) is 5.79. The molecule has 2 nitrogen and oxygen atoms in total. The van der Waals surface area contributed by atoms with E-state index in [-0.39, 0.29) is 11.8 Å². The Kier molecular flexibility index (Phi) is 1.70. The molecule has 1 aliphatic carbocycles. The van der Waals surface area contributed by atoms with Crippen molar-refractivity contribution in [1.29, 1.82) is 0 Å². The molecule has 12 heavy (non-hydrogen) atoms. The van der Waals surface area contributed by atoms with Crippen molar-refractivity contribution in [3.63, 3.8) is 0 Å². The van der Waals surface area contributed by atoms with Gasteiger partial charge in [0, 0.05) is 18.0 Å². The molecule has 1 atom stereocenters. The summed E-state index contributed by atoms with van der Waals surface area (Å²) in [6.45, 7) is 0. The normalized spacial score (nSPS) is 22.1. The lowest BCUT2D eigenvalue weighted by Gasteiger charge is -2.20. The maximum absolute atomic E-state index is 11.4. The quantitative estimate of drug-likeness (QED) is 0.628. The van der Waals surface area contributed by atoms with Gasteiger partial charge in [-0.1, -0.05) is 24.3 Å². The molecule has 0 fully saturated rings. The lowest BCUT2D eigenvalue weighted by molar-refractivity contribution is 0.0967. The molecule has 2 N–H and O–H groups in total. The van der Waals surface area contributed by atoms with E-state index < -0.39 is 0 Å². The van der Waals surface area contributed by atoms with Crippen molar-refractivity contribution in [3.8, 4) is 0 Å². The summed E-state index contributed by atoms with van der Waals surface area (Å²) < 4.78 is 0. The highest BCUT2D eigenvalue weighted by molar-refractivity contribution is 5.98. The van der Waals surface area contributed by atoms with Gasteiger partial charge in [0.05, 0.1) is 0 Å². The number of Topliss-reactive ketones (excluding diaryl/α,β-unsaturated/α-hetero) is 1. The van der Waals surface area contributed by atoms with Gasteiger partial charge >= 0.3 is 0 Å². The Morgan fingerprint density at radius 2 is 2.08 bits per heavy atom. The number of hydrogen-bond donors (Lipinski definition) is 1. The second kappa shape index (κ2) is 2.72. The van der Waals surface area contributed by atoms with Crippen LogP contribution in [0.5, 0.6) is 0 Å². The number of fused-ring (bicyclic) bond motifs is 1. The monoisotopic (exact) mass is 161 g/mol. The van der Waals surface area contributed by atoms with E-state index in [1.54, 1.807) is 0 Å². The lowest BCUT2D eigenvalue weighted by Crippen LogP contribution is -2.21. The van der Waals surface area contributed by atoms with Crippen LogP contribution in [-0.2, 0) is 0 Å². The molecule has 0 heterocycles. The summed E-state index contributed by atoms with van der Waals surface area (Å²) in [5.74, 6) is 0.229. The molecular weight excluding hydrogens is 150 g/mol. The highest BCUT2D eigenvalue weighted by Crippen LogP contribution is 2.27. The lowest BCUT2D eigenvalue weighted by atomic mass is 9.87. The molecule has 1 aliphatic rings. The van der Waals surface area contributed by atoms with Gasteiger partial charge in [0.1, 0.15) is 0 Å². The molecule has 1 unspecified atom stereocenters. The average Bonchev–Trinajstić information content (AvgIpc) is 2.12. The second-order valence-corrected chi connectivity index (χ2v) is 3.16. The summed E-state index contributed by atoms with van der Waals surface area (Å²) in [7, 11) is 0. The average molecular weight is 161 g/mol. The van der Waals surface area contributed by atoms with Gasteiger partial charge in [-0.05, 0) is 12.0 Å². The summed E-state index contributed by atoms with van der Waals surface area (Å²) in [4.78, 5) is 11.4. The Hall–Kier alpha value is -1.15. The minimum Gasteiger partial charge on any atom is -0.324 e. The second-order valence-electron chi connectivity index (χ2n) is 3.16. The van der Waals surface area contributed by atoms with Crippen LogP contribution in [0.15, 0.2) is 24.3 Å². The van der Waals surface area contributed by atoms with Crippen molar-refractivity contribution < 1.29 is 4.79 Å². The fraction of sp³-hybridized carbons (Fsp3) is 0.300. The molecule has 1 aromatic rings. The molecule has 0 aromatic heterocycles. The number of rotatable bonds is 0. The minimum atomic E-state index is 0.0545. The molecule has 0 amide bonds. The van der Waals surface area contributed by atoms with Gasteiger partial charge in [0.2, 0.25) is 0 Å². The van der Waals surface area contributed by atoms with Crippen molar-refractivity contribution >= 4 is 5.78 Å². The van der Waals surface area contributed by atoms with Crippen LogP contribution in [0.3, 0.4) is 0 Å². The zero-order valence-corrected chi connectivity index (χ0v) is 6.79. The molecule has 0 saturated carbocycles. The Morgan fingerprint density at radius 3 is 2.83 bits per heavy atom. The van der Waals surface area contributed by atoms with Gasteiger partial charge in [-0.3, -0.25) is 4.79 Å². The van der Waals surface area contributed by atoms with E-state index in [1.807, 2.05) is 24.3 Å². The first-order valence-electron chi connectivity index (χ1n) is 4.17. The van der Waals surface area contributed by atoms with Gasteiger partial charge in [-0.25, -0.2) is 0 Å². The fourth-order valence-electron chi connectivity index (χ4n) is 1.65. The van der Waals surface area contributed by atoms with E-state index in [4.69, 9.17) is 5.73 Å². The zero-order chi connectivity index (χ0) is 8.55. The summed E-state index contributed by atoms with van der Waals surface area (Å²) in [6, 6.07) is 7.67. The molecule has 0 saturated heterocycles. The maximum Gasteiger partial charge on any atom is 0.163 e. The van der Waals surface area contributed by atoms with Crippen LogP contribution in [0.4, 0.5) is 0 Å². The standard InChI is InChI=1S/C10H11NO/c11-9-5-6-10(12)8-4-2-1-3-7(8)9/h1-4,9H,5-6,11H2. The zero-order valence-electron chi connectivity index (χ0n) is 6.79. The van der Waals surface area contributed by atoms with E-state index in [9.17, 15) is 4.79 Å². The molecular formula is C10H11NO. The van der Waals surface area contributed by atoms with Gasteiger partial charge in [0.25, 0.3) is 0 Å². The van der Waals surface area contributed by atoms with Crippen LogP contribution in [0.2, 0.25) is 0 Å². The SMILES string of the molecule is NC1CCC(=O)c2ccccc21. The summed E-state index contributed by atoms with van der Waals surface area (Å²) in [6.07, 6.45) is 1.38. The van der Waals surface area contributed by atoms with E-state index >= 15 is 0 Å². The Labute approximate surface area is 71.4 Å². The Bertz CT molecular complexity index is 319. The van der Waals surface area contributed by atoms with Gasteiger partial charge in [-0.2, -0.15) is 0 Å². The summed E-state index contributed by atoms with van der Waals surface area (Å²) in [5.41, 5.74) is 7.68. The minimum absolute atomic E-state index is 0.0545. The fourth-order valence-corrected chi connectivity index (χ4v) is 1.65. The number of benzene rings is 1. The number of hydrogen-bond acceptors (Lipinski definition) is 2. The molecule has 0 radical (unpaired) electrons.